The number of hydrogen-bond acceptors (Lipinski definition) is 4. The van der Waals surface area contributed by atoms with Gasteiger partial charge in [0.1, 0.15) is 23.0 Å². The van der Waals surface area contributed by atoms with Crippen molar-refractivity contribution in [2.24, 2.45) is 0 Å². The van der Waals surface area contributed by atoms with Gasteiger partial charge in [0.05, 0.1) is 5.69 Å². The summed E-state index contributed by atoms with van der Waals surface area (Å²) >= 11 is 1.37. The molecule has 0 atom stereocenters. The van der Waals surface area contributed by atoms with Crippen LogP contribution >= 0.6 is 11.3 Å². The zero-order valence-corrected chi connectivity index (χ0v) is 17.0. The average molecular weight is 429 g/mol. The SMILES string of the molecule is O=C(Nc1ccc(Oc2ccccc2)cc1)c1csc2nc(-c3ccc(F)cc3)cn12. The molecule has 0 saturated carbocycles. The Bertz CT molecular complexity index is 1340. The highest BCUT2D eigenvalue weighted by Crippen LogP contribution is 2.26. The molecule has 5 nitrogen and oxygen atoms in total. The Morgan fingerprint density at radius 3 is 2.39 bits per heavy atom. The van der Waals surface area contributed by atoms with Crippen LogP contribution in [-0.2, 0) is 0 Å². The number of thiazole rings is 1. The van der Waals surface area contributed by atoms with Crippen LogP contribution in [-0.4, -0.2) is 15.3 Å². The Labute approximate surface area is 181 Å². The number of benzene rings is 3. The molecule has 5 rings (SSSR count). The van der Waals surface area contributed by atoms with Crippen molar-refractivity contribution in [2.45, 2.75) is 0 Å². The Balaban J connectivity index is 1.32. The van der Waals surface area contributed by atoms with Gasteiger partial charge in [0.25, 0.3) is 5.91 Å². The highest BCUT2D eigenvalue weighted by Gasteiger charge is 2.15. The molecule has 7 heteroatoms. The predicted octanol–water partition coefficient (Wildman–Crippen LogP) is 6.25. The van der Waals surface area contributed by atoms with Gasteiger partial charge >= 0.3 is 0 Å². The van der Waals surface area contributed by atoms with E-state index >= 15 is 0 Å². The van der Waals surface area contributed by atoms with Crippen LogP contribution in [0.5, 0.6) is 11.5 Å². The largest absolute Gasteiger partial charge is 0.457 e. The highest BCUT2D eigenvalue weighted by molar-refractivity contribution is 7.15. The summed E-state index contributed by atoms with van der Waals surface area (Å²) in [6.07, 6.45) is 1.78. The van der Waals surface area contributed by atoms with E-state index in [1.807, 2.05) is 30.3 Å². The average Bonchev–Trinajstić information content (AvgIpc) is 3.37. The number of aromatic nitrogens is 2. The van der Waals surface area contributed by atoms with Crippen molar-refractivity contribution < 1.29 is 13.9 Å². The highest BCUT2D eigenvalue weighted by atomic mass is 32.1. The van der Waals surface area contributed by atoms with Gasteiger partial charge in [-0.25, -0.2) is 9.37 Å². The number of anilines is 1. The Morgan fingerprint density at radius 2 is 1.65 bits per heavy atom. The number of fused-ring (bicyclic) bond motifs is 1. The van der Waals surface area contributed by atoms with Crippen molar-refractivity contribution in [3.05, 3.63) is 102 Å². The third-order valence-corrected chi connectivity index (χ3v) is 5.51. The summed E-state index contributed by atoms with van der Waals surface area (Å²) in [6.45, 7) is 0. The quantitative estimate of drug-likeness (QED) is 0.359. The van der Waals surface area contributed by atoms with Gasteiger partial charge in [-0.3, -0.25) is 9.20 Å². The van der Waals surface area contributed by atoms with Crippen molar-refractivity contribution in [2.75, 3.05) is 5.32 Å². The zero-order chi connectivity index (χ0) is 21.2. The molecule has 3 aromatic carbocycles. The Morgan fingerprint density at radius 1 is 0.935 bits per heavy atom. The van der Waals surface area contributed by atoms with Gasteiger partial charge in [-0.1, -0.05) is 18.2 Å². The molecule has 0 aliphatic carbocycles. The molecule has 1 amide bonds. The summed E-state index contributed by atoms with van der Waals surface area (Å²) in [6, 6.07) is 22.8. The van der Waals surface area contributed by atoms with E-state index < -0.39 is 0 Å². The molecule has 0 radical (unpaired) electrons. The molecular weight excluding hydrogens is 413 g/mol. The van der Waals surface area contributed by atoms with E-state index in [0.29, 0.717) is 27.8 Å². The molecule has 0 unspecified atom stereocenters. The lowest BCUT2D eigenvalue weighted by atomic mass is 10.2. The normalized spacial score (nSPS) is 10.9. The Hall–Kier alpha value is -3.97. The van der Waals surface area contributed by atoms with Gasteiger partial charge in [-0.2, -0.15) is 0 Å². The number of para-hydroxylation sites is 1. The van der Waals surface area contributed by atoms with Crippen LogP contribution < -0.4 is 10.1 Å². The van der Waals surface area contributed by atoms with Crippen LogP contribution in [0.3, 0.4) is 0 Å². The van der Waals surface area contributed by atoms with Crippen molar-refractivity contribution in [1.29, 1.82) is 0 Å². The maximum Gasteiger partial charge on any atom is 0.273 e. The van der Waals surface area contributed by atoms with Crippen molar-refractivity contribution in [3.63, 3.8) is 0 Å². The van der Waals surface area contributed by atoms with Crippen LogP contribution in [0, 0.1) is 5.82 Å². The molecule has 5 aromatic rings. The topological polar surface area (TPSA) is 55.6 Å². The fraction of sp³-hybridized carbons (Fsp3) is 0. The van der Waals surface area contributed by atoms with Gasteiger partial charge in [-0.05, 0) is 60.7 Å². The lowest BCUT2D eigenvalue weighted by Crippen LogP contribution is -2.13. The number of nitrogens with zero attached hydrogens (tertiary/aromatic N) is 2. The van der Waals surface area contributed by atoms with Crippen LogP contribution in [0.2, 0.25) is 0 Å². The zero-order valence-electron chi connectivity index (χ0n) is 16.2. The van der Waals surface area contributed by atoms with Crippen LogP contribution in [0.25, 0.3) is 16.2 Å². The maximum absolute atomic E-state index is 13.2. The van der Waals surface area contributed by atoms with E-state index in [2.05, 4.69) is 10.3 Å². The summed E-state index contributed by atoms with van der Waals surface area (Å²) in [5.41, 5.74) is 2.61. The minimum Gasteiger partial charge on any atom is -0.457 e. The van der Waals surface area contributed by atoms with E-state index in [1.165, 1.54) is 23.5 Å². The minimum atomic E-state index is -0.301. The molecule has 0 spiro atoms. The number of nitrogens with one attached hydrogen (secondary N) is 1. The molecular formula is C24H16FN3O2S. The number of ether oxygens (including phenoxy) is 1. The molecule has 2 aromatic heterocycles. The fourth-order valence-corrected chi connectivity index (χ4v) is 3.99. The third kappa shape index (κ3) is 4.04. The molecule has 2 heterocycles. The lowest BCUT2D eigenvalue weighted by molar-refractivity contribution is 0.102. The summed E-state index contributed by atoms with van der Waals surface area (Å²) in [5, 5.41) is 4.66. The van der Waals surface area contributed by atoms with Crippen molar-refractivity contribution in [3.8, 4) is 22.8 Å². The maximum atomic E-state index is 13.2. The number of carbonyl (C=O) groups is 1. The van der Waals surface area contributed by atoms with Crippen molar-refractivity contribution in [1.82, 2.24) is 9.38 Å². The van der Waals surface area contributed by atoms with E-state index in [1.54, 1.807) is 52.4 Å². The summed E-state index contributed by atoms with van der Waals surface area (Å²) < 4.78 is 20.7. The van der Waals surface area contributed by atoms with Gasteiger partial charge in [0.2, 0.25) is 0 Å². The second kappa shape index (κ2) is 8.04. The standard InChI is InChI=1S/C24H16FN3O2S/c25-17-8-6-16(7-9-17)21-14-28-22(15-31-24(28)27-21)23(29)26-18-10-12-20(13-11-18)30-19-4-2-1-3-5-19/h1-15H,(H,26,29). The molecule has 0 aliphatic rings. The van der Waals surface area contributed by atoms with Crippen LogP contribution in [0.15, 0.2) is 90.4 Å². The molecule has 0 fully saturated rings. The second-order valence-corrected chi connectivity index (χ2v) is 7.64. The van der Waals surface area contributed by atoms with Gasteiger partial charge < -0.3 is 10.1 Å². The summed E-state index contributed by atoms with van der Waals surface area (Å²) in [7, 11) is 0. The van der Waals surface area contributed by atoms with Gasteiger partial charge in [0.15, 0.2) is 4.96 Å². The fourth-order valence-electron chi connectivity index (χ4n) is 3.13. The molecule has 0 bridgehead atoms. The number of halogens is 1. The first-order valence-electron chi connectivity index (χ1n) is 9.52. The number of carbonyl (C=O) groups excluding carboxylic acids is 1. The van der Waals surface area contributed by atoms with E-state index in [0.717, 1.165) is 11.3 Å². The minimum absolute atomic E-state index is 0.244. The van der Waals surface area contributed by atoms with E-state index in [9.17, 15) is 9.18 Å². The van der Waals surface area contributed by atoms with E-state index in [4.69, 9.17) is 4.74 Å². The molecule has 31 heavy (non-hydrogen) atoms. The van der Waals surface area contributed by atoms with Crippen LogP contribution in [0.4, 0.5) is 10.1 Å². The molecule has 0 saturated heterocycles. The van der Waals surface area contributed by atoms with Crippen LogP contribution in [0.1, 0.15) is 10.5 Å². The van der Waals surface area contributed by atoms with Gasteiger partial charge in [0, 0.05) is 22.8 Å². The van der Waals surface area contributed by atoms with Gasteiger partial charge in [-0.15, -0.1) is 11.3 Å². The molecule has 152 valence electrons. The molecule has 0 aliphatic heterocycles. The molecule has 1 N–H and O–H groups in total. The monoisotopic (exact) mass is 429 g/mol. The third-order valence-electron chi connectivity index (χ3n) is 4.67. The lowest BCUT2D eigenvalue weighted by Gasteiger charge is -2.08. The first-order valence-corrected chi connectivity index (χ1v) is 10.4. The predicted molar refractivity (Wildman–Crippen MR) is 119 cm³/mol. The second-order valence-electron chi connectivity index (χ2n) is 6.80. The van der Waals surface area contributed by atoms with Crippen molar-refractivity contribution >= 4 is 27.9 Å². The number of rotatable bonds is 5. The number of hydrogen-bond donors (Lipinski definition) is 1. The summed E-state index contributed by atoms with van der Waals surface area (Å²) in [5.74, 6) is 0.883. The smallest absolute Gasteiger partial charge is 0.273 e. The first-order chi connectivity index (χ1) is 15.2. The summed E-state index contributed by atoms with van der Waals surface area (Å²) in [4.78, 5) is 18.0. The number of amides is 1. The van der Waals surface area contributed by atoms with E-state index in [-0.39, 0.29) is 11.7 Å². The number of imidazole rings is 1. The Kier molecular flexibility index (Phi) is 4.93. The first kappa shape index (κ1) is 19.0.